The molecule has 0 unspecified atom stereocenters. The number of rotatable bonds is 5. The van der Waals surface area contributed by atoms with Crippen molar-refractivity contribution in [3.8, 4) is 0 Å². The molecule has 0 aromatic heterocycles. The van der Waals surface area contributed by atoms with Gasteiger partial charge < -0.3 is 10.6 Å². The van der Waals surface area contributed by atoms with E-state index >= 15 is 0 Å². The van der Waals surface area contributed by atoms with E-state index in [-0.39, 0.29) is 24.3 Å². The van der Waals surface area contributed by atoms with Gasteiger partial charge in [-0.25, -0.2) is 0 Å². The largest absolute Gasteiger partial charge is 0.326 e. The van der Waals surface area contributed by atoms with Crippen molar-refractivity contribution in [3.05, 3.63) is 42.5 Å². The highest BCUT2D eigenvalue weighted by Gasteiger charge is 2.32. The van der Waals surface area contributed by atoms with Crippen molar-refractivity contribution in [2.75, 3.05) is 5.32 Å². The number of amidine groups is 1. The fraction of sp³-hybridized carbons (Fsp3) is 0.316. The third kappa shape index (κ3) is 4.39. The van der Waals surface area contributed by atoms with Crippen LogP contribution in [0.15, 0.2) is 47.5 Å². The first kappa shape index (κ1) is 17.5. The summed E-state index contributed by atoms with van der Waals surface area (Å²) < 4.78 is 0. The highest BCUT2D eigenvalue weighted by atomic mass is 32.2. The Morgan fingerprint density at radius 3 is 2.80 bits per heavy atom. The second-order valence-electron chi connectivity index (χ2n) is 6.10. The molecule has 0 aliphatic carbocycles. The summed E-state index contributed by atoms with van der Waals surface area (Å²) in [5, 5.41) is 8.01. The monoisotopic (exact) mass is 355 g/mol. The highest BCUT2D eigenvalue weighted by molar-refractivity contribution is 8.15. The molecule has 0 saturated carbocycles. The van der Waals surface area contributed by atoms with Crippen LogP contribution >= 0.6 is 11.8 Å². The first-order chi connectivity index (χ1) is 12.0. The van der Waals surface area contributed by atoms with Crippen molar-refractivity contribution in [2.45, 2.75) is 38.0 Å². The lowest BCUT2D eigenvalue weighted by molar-refractivity contribution is -0.122. The molecule has 5 nitrogen and oxygen atoms in total. The van der Waals surface area contributed by atoms with E-state index < -0.39 is 5.25 Å². The van der Waals surface area contributed by atoms with Crippen LogP contribution in [0.5, 0.6) is 0 Å². The number of fused-ring (bicyclic) bond motifs is 1. The zero-order valence-electron chi connectivity index (χ0n) is 14.3. The fourth-order valence-corrected chi connectivity index (χ4v) is 3.61. The predicted octanol–water partition coefficient (Wildman–Crippen LogP) is 3.55. The van der Waals surface area contributed by atoms with Gasteiger partial charge in [-0.15, -0.1) is 0 Å². The average Bonchev–Trinajstić information content (AvgIpc) is 2.93. The predicted molar refractivity (Wildman–Crippen MR) is 104 cm³/mol. The molecule has 2 atom stereocenters. The number of anilines is 1. The molecule has 1 heterocycles. The molecule has 1 aliphatic heterocycles. The second-order valence-corrected chi connectivity index (χ2v) is 7.29. The molecule has 1 fully saturated rings. The number of aliphatic imine (C=N–C) groups is 1. The van der Waals surface area contributed by atoms with Gasteiger partial charge in [-0.05, 0) is 36.2 Å². The molecule has 0 radical (unpaired) electrons. The van der Waals surface area contributed by atoms with Gasteiger partial charge in [0.05, 0.1) is 0 Å². The zero-order valence-corrected chi connectivity index (χ0v) is 15.1. The van der Waals surface area contributed by atoms with Crippen molar-refractivity contribution in [2.24, 2.45) is 4.99 Å². The zero-order chi connectivity index (χ0) is 17.8. The van der Waals surface area contributed by atoms with Crippen LogP contribution < -0.4 is 10.6 Å². The lowest BCUT2D eigenvalue weighted by atomic mass is 10.1. The molecule has 6 heteroatoms. The highest BCUT2D eigenvalue weighted by Crippen LogP contribution is 2.24. The summed E-state index contributed by atoms with van der Waals surface area (Å²) in [6.45, 7) is 4.05. The van der Waals surface area contributed by atoms with E-state index in [2.05, 4.69) is 15.6 Å². The van der Waals surface area contributed by atoms with Gasteiger partial charge >= 0.3 is 0 Å². The minimum absolute atomic E-state index is 0.128. The van der Waals surface area contributed by atoms with Crippen LogP contribution in [0.4, 0.5) is 5.69 Å². The number of hydrogen-bond donors (Lipinski definition) is 2. The van der Waals surface area contributed by atoms with E-state index in [4.69, 9.17) is 0 Å². The van der Waals surface area contributed by atoms with Gasteiger partial charge in [0.1, 0.15) is 5.25 Å². The Balaban J connectivity index is 1.62. The third-order valence-electron chi connectivity index (χ3n) is 4.11. The fourth-order valence-electron chi connectivity index (χ4n) is 2.54. The van der Waals surface area contributed by atoms with Crippen molar-refractivity contribution in [1.82, 2.24) is 5.32 Å². The lowest BCUT2D eigenvalue weighted by Crippen LogP contribution is -2.28. The minimum atomic E-state index is -0.428. The molecule has 2 amide bonds. The number of nitrogens with zero attached hydrogens (tertiary/aromatic N) is 1. The number of carbonyl (C=O) groups excluding carboxylic acids is 2. The summed E-state index contributed by atoms with van der Waals surface area (Å²) in [5.41, 5.74) is 0.737. The second kappa shape index (κ2) is 7.70. The van der Waals surface area contributed by atoms with Gasteiger partial charge in [-0.2, -0.15) is 0 Å². The third-order valence-corrected chi connectivity index (χ3v) is 5.20. The van der Waals surface area contributed by atoms with Crippen molar-refractivity contribution >= 4 is 45.2 Å². The van der Waals surface area contributed by atoms with Gasteiger partial charge in [-0.1, -0.05) is 49.0 Å². The first-order valence-electron chi connectivity index (χ1n) is 8.39. The van der Waals surface area contributed by atoms with E-state index in [1.807, 2.05) is 56.3 Å². The molecule has 0 spiro atoms. The van der Waals surface area contributed by atoms with Crippen LogP contribution in [0.2, 0.25) is 0 Å². The first-order valence-corrected chi connectivity index (χ1v) is 9.27. The molecule has 1 saturated heterocycles. The van der Waals surface area contributed by atoms with Gasteiger partial charge in [-0.3, -0.25) is 14.6 Å². The smallest absolute Gasteiger partial charge is 0.240 e. The van der Waals surface area contributed by atoms with E-state index in [1.54, 1.807) is 0 Å². The van der Waals surface area contributed by atoms with Gasteiger partial charge in [0.2, 0.25) is 11.8 Å². The molecule has 25 heavy (non-hydrogen) atoms. The molecule has 2 aromatic rings. The summed E-state index contributed by atoms with van der Waals surface area (Å²) in [6.07, 6.45) is 1.04. The SMILES string of the molecule is CC[C@@H](C)N=C1NC(=O)[C@@H](CC(=O)Nc2ccc3ccccc3c2)S1. The maximum absolute atomic E-state index is 12.3. The molecule has 0 bridgehead atoms. The van der Waals surface area contributed by atoms with E-state index in [1.165, 1.54) is 11.8 Å². The van der Waals surface area contributed by atoms with E-state index in [0.717, 1.165) is 22.9 Å². The lowest BCUT2D eigenvalue weighted by Gasteiger charge is -2.08. The summed E-state index contributed by atoms with van der Waals surface area (Å²) in [6, 6.07) is 13.9. The van der Waals surface area contributed by atoms with Crippen LogP contribution in [0.3, 0.4) is 0 Å². The van der Waals surface area contributed by atoms with Gasteiger partial charge in [0.15, 0.2) is 5.17 Å². The average molecular weight is 355 g/mol. The molecule has 1 aliphatic rings. The molecule has 130 valence electrons. The Kier molecular flexibility index (Phi) is 5.38. The number of nitrogens with one attached hydrogen (secondary N) is 2. The number of carbonyl (C=O) groups is 2. The number of thioether (sulfide) groups is 1. The molecule has 3 rings (SSSR count). The quantitative estimate of drug-likeness (QED) is 0.861. The maximum Gasteiger partial charge on any atom is 0.240 e. The van der Waals surface area contributed by atoms with Crippen LogP contribution in [0.25, 0.3) is 10.8 Å². The Labute approximate surface area is 151 Å². The van der Waals surface area contributed by atoms with Gasteiger partial charge in [0, 0.05) is 18.2 Å². The summed E-state index contributed by atoms with van der Waals surface area (Å²) in [5.74, 6) is -0.326. The summed E-state index contributed by atoms with van der Waals surface area (Å²) in [7, 11) is 0. The Morgan fingerprint density at radius 2 is 2.04 bits per heavy atom. The Hall–Kier alpha value is -2.34. The maximum atomic E-state index is 12.3. The number of amides is 2. The minimum Gasteiger partial charge on any atom is -0.326 e. The van der Waals surface area contributed by atoms with Crippen molar-refractivity contribution in [1.29, 1.82) is 0 Å². The molecular weight excluding hydrogens is 334 g/mol. The van der Waals surface area contributed by atoms with E-state index in [9.17, 15) is 9.59 Å². The van der Waals surface area contributed by atoms with Crippen molar-refractivity contribution in [3.63, 3.8) is 0 Å². The summed E-state index contributed by atoms with van der Waals surface area (Å²) >= 11 is 1.33. The molecule has 2 aromatic carbocycles. The Morgan fingerprint density at radius 1 is 1.28 bits per heavy atom. The molecular formula is C19H21N3O2S. The van der Waals surface area contributed by atoms with Gasteiger partial charge in [0.25, 0.3) is 0 Å². The normalized spacial score (nSPS) is 19.8. The van der Waals surface area contributed by atoms with Crippen LogP contribution in [-0.2, 0) is 9.59 Å². The standard InChI is InChI=1S/C19H21N3O2S/c1-3-12(2)20-19-22-18(24)16(25-19)11-17(23)21-15-9-8-13-6-4-5-7-14(13)10-15/h4-10,12,16H,3,11H2,1-2H3,(H,21,23)(H,20,22,24)/t12-,16-/m1/s1. The number of hydrogen-bond acceptors (Lipinski definition) is 4. The topological polar surface area (TPSA) is 70.6 Å². The summed E-state index contributed by atoms with van der Waals surface area (Å²) in [4.78, 5) is 28.8. The van der Waals surface area contributed by atoms with Crippen LogP contribution in [0.1, 0.15) is 26.7 Å². The van der Waals surface area contributed by atoms with E-state index in [0.29, 0.717) is 5.17 Å². The Bertz CT molecular complexity index is 834. The van der Waals surface area contributed by atoms with Crippen LogP contribution in [0, 0.1) is 0 Å². The number of benzene rings is 2. The van der Waals surface area contributed by atoms with Crippen LogP contribution in [-0.4, -0.2) is 28.3 Å². The molecule has 2 N–H and O–H groups in total. The van der Waals surface area contributed by atoms with Crippen molar-refractivity contribution < 1.29 is 9.59 Å².